The molecule has 0 bridgehead atoms. The summed E-state index contributed by atoms with van der Waals surface area (Å²) >= 11 is 1.88. The Morgan fingerprint density at radius 3 is 2.90 bits per heavy atom. The molecule has 1 aliphatic heterocycles. The average Bonchev–Trinajstić information content (AvgIpc) is 2.67. The lowest BCUT2D eigenvalue weighted by atomic mass is 10.1. The highest BCUT2D eigenvalue weighted by molar-refractivity contribution is 14.1. The first-order chi connectivity index (χ1) is 9.31. The van der Waals surface area contributed by atoms with Crippen LogP contribution in [0.3, 0.4) is 0 Å². The van der Waals surface area contributed by atoms with Gasteiger partial charge in [0.1, 0.15) is 11.4 Å². The lowest BCUT2D eigenvalue weighted by molar-refractivity contribution is -0.119. The SMILES string of the molecule is CC(=O)NCC1(C)CN(c2ccc(I)c(F)c2)C(=O)O1. The fourth-order valence-electron chi connectivity index (χ4n) is 1.95. The smallest absolute Gasteiger partial charge is 0.415 e. The summed E-state index contributed by atoms with van der Waals surface area (Å²) in [5.74, 6) is -0.576. The molecule has 1 aromatic carbocycles. The number of cyclic esters (lactones) is 1. The Balaban J connectivity index is 2.16. The summed E-state index contributed by atoms with van der Waals surface area (Å²) in [6.07, 6.45) is -0.543. The molecule has 108 valence electrons. The highest BCUT2D eigenvalue weighted by Crippen LogP contribution is 2.29. The fourth-order valence-corrected chi connectivity index (χ4v) is 2.29. The van der Waals surface area contributed by atoms with Crippen molar-refractivity contribution in [1.82, 2.24) is 5.32 Å². The lowest BCUT2D eigenvalue weighted by Crippen LogP contribution is -2.43. The number of benzene rings is 1. The number of nitrogens with zero attached hydrogens (tertiary/aromatic N) is 1. The van der Waals surface area contributed by atoms with Gasteiger partial charge in [0.2, 0.25) is 5.91 Å². The number of carbonyl (C=O) groups excluding carboxylic acids is 2. The number of hydrogen-bond donors (Lipinski definition) is 1. The molecule has 1 unspecified atom stereocenters. The van der Waals surface area contributed by atoms with Crippen molar-refractivity contribution in [3.05, 3.63) is 27.6 Å². The first kappa shape index (κ1) is 15.0. The molecule has 1 N–H and O–H groups in total. The minimum atomic E-state index is -0.817. The number of anilines is 1. The third-order valence-electron chi connectivity index (χ3n) is 2.97. The summed E-state index contributed by atoms with van der Waals surface area (Å²) in [6, 6.07) is 4.56. The number of carbonyl (C=O) groups is 2. The van der Waals surface area contributed by atoms with Gasteiger partial charge in [0.05, 0.1) is 18.8 Å². The number of nitrogens with one attached hydrogen (secondary N) is 1. The highest BCUT2D eigenvalue weighted by Gasteiger charge is 2.42. The zero-order chi connectivity index (χ0) is 14.9. The van der Waals surface area contributed by atoms with Crippen LogP contribution in [-0.4, -0.2) is 30.7 Å². The molecular formula is C13H14FIN2O3. The molecule has 1 atom stereocenters. The number of ether oxygens (including phenoxy) is 1. The number of hydrogen-bond acceptors (Lipinski definition) is 3. The van der Waals surface area contributed by atoms with E-state index in [0.717, 1.165) is 0 Å². The van der Waals surface area contributed by atoms with Crippen molar-refractivity contribution in [3.8, 4) is 0 Å². The van der Waals surface area contributed by atoms with E-state index in [-0.39, 0.29) is 24.8 Å². The molecular weight excluding hydrogens is 378 g/mol. The van der Waals surface area contributed by atoms with Crippen molar-refractivity contribution < 1.29 is 18.7 Å². The van der Waals surface area contributed by atoms with Crippen LogP contribution in [0.1, 0.15) is 13.8 Å². The number of rotatable bonds is 3. The Bertz CT molecular complexity index is 567. The molecule has 7 heteroatoms. The zero-order valence-corrected chi connectivity index (χ0v) is 13.2. The Morgan fingerprint density at radius 1 is 1.60 bits per heavy atom. The van der Waals surface area contributed by atoms with Gasteiger partial charge in [-0.2, -0.15) is 0 Å². The average molecular weight is 392 g/mol. The molecule has 2 amide bonds. The van der Waals surface area contributed by atoms with Gasteiger partial charge in [-0.25, -0.2) is 9.18 Å². The molecule has 1 aromatic rings. The van der Waals surface area contributed by atoms with Crippen LogP contribution in [0.2, 0.25) is 0 Å². The monoisotopic (exact) mass is 392 g/mol. The first-order valence-corrected chi connectivity index (χ1v) is 7.09. The van der Waals surface area contributed by atoms with E-state index >= 15 is 0 Å². The van der Waals surface area contributed by atoms with E-state index in [4.69, 9.17) is 4.74 Å². The molecule has 1 fully saturated rings. The van der Waals surface area contributed by atoms with Crippen molar-refractivity contribution >= 4 is 40.3 Å². The van der Waals surface area contributed by atoms with Gasteiger partial charge in [0, 0.05) is 10.5 Å². The van der Waals surface area contributed by atoms with Crippen molar-refractivity contribution in [2.75, 3.05) is 18.0 Å². The fraction of sp³-hybridized carbons (Fsp3) is 0.385. The Labute approximate surface area is 129 Å². The summed E-state index contributed by atoms with van der Waals surface area (Å²) < 4.78 is 19.3. The van der Waals surface area contributed by atoms with Crippen LogP contribution in [0.15, 0.2) is 18.2 Å². The quantitative estimate of drug-likeness (QED) is 0.804. The largest absolute Gasteiger partial charge is 0.439 e. The van der Waals surface area contributed by atoms with Gasteiger partial charge in [0.15, 0.2) is 0 Å². The van der Waals surface area contributed by atoms with Crippen molar-refractivity contribution in [2.24, 2.45) is 0 Å². The Kier molecular flexibility index (Phi) is 4.17. The molecule has 1 saturated heterocycles. The van der Waals surface area contributed by atoms with Crippen LogP contribution in [0.5, 0.6) is 0 Å². The maximum absolute atomic E-state index is 13.6. The second kappa shape index (κ2) is 5.55. The minimum absolute atomic E-state index is 0.193. The van der Waals surface area contributed by atoms with Gasteiger partial charge in [-0.1, -0.05) is 0 Å². The van der Waals surface area contributed by atoms with E-state index in [1.165, 1.54) is 17.9 Å². The molecule has 20 heavy (non-hydrogen) atoms. The third-order valence-corrected chi connectivity index (χ3v) is 3.85. The van der Waals surface area contributed by atoms with Crippen LogP contribution in [0, 0.1) is 9.39 Å². The molecule has 5 nitrogen and oxygen atoms in total. The molecule has 1 aliphatic rings. The van der Waals surface area contributed by atoms with E-state index in [0.29, 0.717) is 9.26 Å². The first-order valence-electron chi connectivity index (χ1n) is 6.01. The van der Waals surface area contributed by atoms with Crippen LogP contribution < -0.4 is 10.2 Å². The summed E-state index contributed by atoms with van der Waals surface area (Å²) in [5.41, 5.74) is -0.373. The Morgan fingerprint density at radius 2 is 2.30 bits per heavy atom. The molecule has 0 aromatic heterocycles. The van der Waals surface area contributed by atoms with Gasteiger partial charge >= 0.3 is 6.09 Å². The molecule has 0 aliphatic carbocycles. The van der Waals surface area contributed by atoms with Crippen LogP contribution >= 0.6 is 22.6 Å². The molecule has 2 rings (SSSR count). The number of halogens is 2. The van der Waals surface area contributed by atoms with Gasteiger partial charge in [-0.15, -0.1) is 0 Å². The maximum atomic E-state index is 13.6. The molecule has 0 spiro atoms. The zero-order valence-electron chi connectivity index (χ0n) is 11.1. The van der Waals surface area contributed by atoms with Gasteiger partial charge in [0.25, 0.3) is 0 Å². The van der Waals surface area contributed by atoms with Crippen LogP contribution in [-0.2, 0) is 9.53 Å². The second-order valence-corrected chi connectivity index (χ2v) is 6.07. The predicted molar refractivity (Wildman–Crippen MR) is 80.0 cm³/mol. The summed E-state index contributed by atoms with van der Waals surface area (Å²) in [4.78, 5) is 24.2. The molecule has 1 heterocycles. The van der Waals surface area contributed by atoms with Gasteiger partial charge in [-0.3, -0.25) is 9.69 Å². The topological polar surface area (TPSA) is 58.6 Å². The van der Waals surface area contributed by atoms with Crippen molar-refractivity contribution in [1.29, 1.82) is 0 Å². The van der Waals surface area contributed by atoms with E-state index in [1.54, 1.807) is 19.1 Å². The standard InChI is InChI=1S/C13H14FIN2O3/c1-8(18)16-6-13(2)7-17(12(19)20-13)9-3-4-11(15)10(14)5-9/h3-5H,6-7H2,1-2H3,(H,16,18). The van der Waals surface area contributed by atoms with Crippen molar-refractivity contribution in [3.63, 3.8) is 0 Å². The summed E-state index contributed by atoms with van der Waals surface area (Å²) in [6.45, 7) is 3.60. The summed E-state index contributed by atoms with van der Waals surface area (Å²) in [5, 5.41) is 2.62. The third kappa shape index (κ3) is 3.20. The van der Waals surface area contributed by atoms with Crippen molar-refractivity contribution in [2.45, 2.75) is 19.4 Å². The second-order valence-electron chi connectivity index (χ2n) is 4.91. The van der Waals surface area contributed by atoms with E-state index in [9.17, 15) is 14.0 Å². The predicted octanol–water partition coefficient (Wildman–Crippen LogP) is 2.28. The minimum Gasteiger partial charge on any atom is -0.439 e. The van der Waals surface area contributed by atoms with E-state index in [2.05, 4.69) is 5.32 Å². The molecule has 0 radical (unpaired) electrons. The lowest BCUT2D eigenvalue weighted by Gasteiger charge is -2.21. The highest BCUT2D eigenvalue weighted by atomic mass is 127. The van der Waals surface area contributed by atoms with Crippen LogP contribution in [0.25, 0.3) is 0 Å². The summed E-state index contributed by atoms with van der Waals surface area (Å²) in [7, 11) is 0. The molecule has 0 saturated carbocycles. The maximum Gasteiger partial charge on any atom is 0.415 e. The normalized spacial score (nSPS) is 21.8. The van der Waals surface area contributed by atoms with E-state index in [1.807, 2.05) is 22.6 Å². The Hall–Kier alpha value is -1.38. The van der Waals surface area contributed by atoms with E-state index < -0.39 is 11.7 Å². The van der Waals surface area contributed by atoms with Gasteiger partial charge in [-0.05, 0) is 47.7 Å². The van der Waals surface area contributed by atoms with Crippen LogP contribution in [0.4, 0.5) is 14.9 Å². The van der Waals surface area contributed by atoms with Gasteiger partial charge < -0.3 is 10.1 Å². The number of amides is 2.